The molecule has 3 heteroatoms. The number of nitrogens with zero attached hydrogens (tertiary/aromatic N) is 1. The predicted molar refractivity (Wildman–Crippen MR) is 67.5 cm³/mol. The SMILES string of the molecule is CCCCCCCCCc1np[nH]c1C. The van der Waals surface area contributed by atoms with Crippen molar-refractivity contribution in [1.29, 1.82) is 0 Å². The zero-order valence-electron chi connectivity index (χ0n) is 10.1. The third-order valence-corrected chi connectivity index (χ3v) is 3.62. The lowest BCUT2D eigenvalue weighted by Gasteiger charge is -2.00. The Morgan fingerprint density at radius 3 is 2.33 bits per heavy atom. The predicted octanol–water partition coefficient (Wildman–Crippen LogP) is 4.59. The monoisotopic (exact) mass is 226 g/mol. The molecule has 0 amide bonds. The molecule has 0 aliphatic heterocycles. The Labute approximate surface area is 95.1 Å². The van der Waals surface area contributed by atoms with Gasteiger partial charge in [-0.25, -0.2) is 4.75 Å². The highest BCUT2D eigenvalue weighted by Gasteiger charge is 2.00. The van der Waals surface area contributed by atoms with Crippen LogP contribution in [0.4, 0.5) is 0 Å². The lowest BCUT2D eigenvalue weighted by atomic mass is 10.1. The molecule has 1 heterocycles. The third kappa shape index (κ3) is 5.32. The standard InChI is InChI=1S/C12H23N2P/c1-3-4-5-6-7-8-9-10-12-11(2)13-15-14-12/h3-10H2,1-2H3,(H,13,14). The van der Waals surface area contributed by atoms with Crippen LogP contribution in [0.5, 0.6) is 0 Å². The molecule has 0 aliphatic rings. The van der Waals surface area contributed by atoms with Crippen LogP contribution in [-0.2, 0) is 6.42 Å². The number of hydrogen-bond donors (Lipinski definition) is 1. The zero-order chi connectivity index (χ0) is 10.9. The van der Waals surface area contributed by atoms with Crippen molar-refractivity contribution in [2.24, 2.45) is 0 Å². The van der Waals surface area contributed by atoms with Gasteiger partial charge in [-0.2, -0.15) is 0 Å². The van der Waals surface area contributed by atoms with Gasteiger partial charge in [-0.3, -0.25) is 0 Å². The van der Waals surface area contributed by atoms with E-state index in [0.29, 0.717) is 0 Å². The van der Waals surface area contributed by atoms with Crippen molar-refractivity contribution in [2.75, 3.05) is 0 Å². The molecule has 15 heavy (non-hydrogen) atoms. The minimum Gasteiger partial charge on any atom is -0.325 e. The molecule has 86 valence electrons. The van der Waals surface area contributed by atoms with Crippen LogP contribution in [0.15, 0.2) is 0 Å². The molecule has 1 aromatic rings. The Bertz CT molecular complexity index is 258. The van der Waals surface area contributed by atoms with E-state index in [4.69, 9.17) is 0 Å². The van der Waals surface area contributed by atoms with E-state index in [1.54, 1.807) is 0 Å². The topological polar surface area (TPSA) is 28.7 Å². The van der Waals surface area contributed by atoms with Gasteiger partial charge in [-0.1, -0.05) is 45.4 Å². The van der Waals surface area contributed by atoms with Gasteiger partial charge in [0.05, 0.1) is 5.69 Å². The maximum absolute atomic E-state index is 4.40. The Kier molecular flexibility index (Phi) is 6.67. The van der Waals surface area contributed by atoms with Crippen LogP contribution in [0.2, 0.25) is 0 Å². The number of aromatic amines is 1. The fourth-order valence-corrected chi connectivity index (χ4v) is 2.49. The van der Waals surface area contributed by atoms with E-state index in [0.717, 1.165) is 8.51 Å². The number of rotatable bonds is 8. The van der Waals surface area contributed by atoms with Gasteiger partial charge in [0.2, 0.25) is 0 Å². The van der Waals surface area contributed by atoms with Crippen molar-refractivity contribution in [3.63, 3.8) is 0 Å². The van der Waals surface area contributed by atoms with Crippen molar-refractivity contribution < 1.29 is 0 Å². The number of unbranched alkanes of at least 4 members (excludes halogenated alkanes) is 6. The summed E-state index contributed by atoms with van der Waals surface area (Å²) in [5, 5.41) is 0. The van der Waals surface area contributed by atoms with Crippen molar-refractivity contribution in [3.05, 3.63) is 11.4 Å². The van der Waals surface area contributed by atoms with Crippen molar-refractivity contribution in [1.82, 2.24) is 9.49 Å². The highest BCUT2D eigenvalue weighted by molar-refractivity contribution is 7.20. The second-order valence-corrected chi connectivity index (χ2v) is 4.88. The summed E-state index contributed by atoms with van der Waals surface area (Å²) in [5.41, 5.74) is 2.58. The Balaban J connectivity index is 1.96. The maximum atomic E-state index is 4.40. The molecule has 0 fully saturated rings. The molecule has 1 rings (SSSR count). The lowest BCUT2D eigenvalue weighted by Crippen LogP contribution is -1.89. The highest BCUT2D eigenvalue weighted by atomic mass is 31.1. The Morgan fingerprint density at radius 1 is 1.07 bits per heavy atom. The largest absolute Gasteiger partial charge is 0.325 e. The Morgan fingerprint density at radius 2 is 1.73 bits per heavy atom. The molecule has 0 aliphatic carbocycles. The molecular formula is C12H23N2P. The molecular weight excluding hydrogens is 203 g/mol. The molecule has 1 N–H and O–H groups in total. The van der Waals surface area contributed by atoms with Crippen molar-refractivity contribution in [2.45, 2.75) is 65.2 Å². The molecule has 0 atom stereocenters. The van der Waals surface area contributed by atoms with E-state index in [1.807, 2.05) is 0 Å². The molecule has 0 aromatic carbocycles. The normalized spacial score (nSPS) is 11.3. The summed E-state index contributed by atoms with van der Waals surface area (Å²) in [7, 11) is 1.02. The second-order valence-electron chi connectivity index (χ2n) is 4.25. The summed E-state index contributed by atoms with van der Waals surface area (Å²) in [6.07, 6.45) is 10.8. The minimum atomic E-state index is 1.02. The van der Waals surface area contributed by atoms with E-state index in [2.05, 4.69) is 23.3 Å². The number of nitrogens with one attached hydrogen (secondary N) is 1. The first kappa shape index (κ1) is 12.7. The summed E-state index contributed by atoms with van der Waals surface area (Å²) in [6, 6.07) is 0. The first-order valence-corrected chi connectivity index (χ1v) is 7.06. The van der Waals surface area contributed by atoms with Gasteiger partial charge in [0.25, 0.3) is 0 Å². The smallest absolute Gasteiger partial charge is 0.129 e. The third-order valence-electron chi connectivity index (χ3n) is 2.84. The quantitative estimate of drug-likeness (QED) is 0.645. The fraction of sp³-hybridized carbons (Fsp3) is 0.833. The van der Waals surface area contributed by atoms with Gasteiger partial charge in [-0.05, 0) is 19.8 Å². The number of H-pyrrole nitrogens is 1. The lowest BCUT2D eigenvalue weighted by molar-refractivity contribution is 0.587. The summed E-state index contributed by atoms with van der Waals surface area (Å²) < 4.78 is 7.63. The van der Waals surface area contributed by atoms with Gasteiger partial charge in [-0.15, -0.1) is 0 Å². The summed E-state index contributed by atoms with van der Waals surface area (Å²) in [4.78, 5) is 0. The first-order valence-electron chi connectivity index (χ1n) is 6.21. The van der Waals surface area contributed by atoms with Gasteiger partial charge < -0.3 is 4.75 Å². The number of aromatic nitrogens is 2. The van der Waals surface area contributed by atoms with E-state index < -0.39 is 0 Å². The molecule has 0 saturated carbocycles. The van der Waals surface area contributed by atoms with Crippen LogP contribution in [0, 0.1) is 6.92 Å². The number of aryl methyl sites for hydroxylation is 2. The average Bonchev–Trinajstić information content (AvgIpc) is 2.63. The fourth-order valence-electron chi connectivity index (χ4n) is 1.79. The molecule has 0 bridgehead atoms. The van der Waals surface area contributed by atoms with Crippen LogP contribution < -0.4 is 0 Å². The highest BCUT2D eigenvalue weighted by Crippen LogP contribution is 2.13. The van der Waals surface area contributed by atoms with Crippen LogP contribution in [0.3, 0.4) is 0 Å². The van der Waals surface area contributed by atoms with Crippen molar-refractivity contribution >= 4 is 8.51 Å². The summed E-state index contributed by atoms with van der Waals surface area (Å²) >= 11 is 0. The average molecular weight is 226 g/mol. The van der Waals surface area contributed by atoms with Crippen LogP contribution >= 0.6 is 8.51 Å². The zero-order valence-corrected chi connectivity index (χ0v) is 10.9. The van der Waals surface area contributed by atoms with E-state index in [1.165, 1.54) is 62.8 Å². The van der Waals surface area contributed by atoms with Gasteiger partial charge in [0.1, 0.15) is 8.51 Å². The van der Waals surface area contributed by atoms with E-state index in [-0.39, 0.29) is 0 Å². The van der Waals surface area contributed by atoms with Crippen LogP contribution in [0.1, 0.15) is 63.3 Å². The van der Waals surface area contributed by atoms with Crippen LogP contribution in [-0.4, -0.2) is 9.49 Å². The maximum Gasteiger partial charge on any atom is 0.129 e. The first-order chi connectivity index (χ1) is 7.34. The number of hydrogen-bond acceptors (Lipinski definition) is 1. The van der Waals surface area contributed by atoms with Crippen molar-refractivity contribution in [3.8, 4) is 0 Å². The second kappa shape index (κ2) is 7.87. The van der Waals surface area contributed by atoms with E-state index in [9.17, 15) is 0 Å². The van der Waals surface area contributed by atoms with Crippen LogP contribution in [0.25, 0.3) is 0 Å². The van der Waals surface area contributed by atoms with Gasteiger partial charge in [0.15, 0.2) is 0 Å². The summed E-state index contributed by atoms with van der Waals surface area (Å²) in [5.74, 6) is 0. The van der Waals surface area contributed by atoms with Gasteiger partial charge >= 0.3 is 0 Å². The molecule has 0 saturated heterocycles. The molecule has 0 unspecified atom stereocenters. The molecule has 0 spiro atoms. The molecule has 1 aromatic heterocycles. The van der Waals surface area contributed by atoms with Gasteiger partial charge in [0, 0.05) is 5.69 Å². The molecule has 2 nitrogen and oxygen atoms in total. The molecule has 0 radical (unpaired) electrons. The van der Waals surface area contributed by atoms with E-state index >= 15 is 0 Å². The summed E-state index contributed by atoms with van der Waals surface area (Å²) in [6.45, 7) is 4.39. The Hall–Kier alpha value is -0.360. The minimum absolute atomic E-state index is 1.02.